The Kier molecular flexibility index (Phi) is 6.84. The van der Waals surface area contributed by atoms with Crippen molar-refractivity contribution in [1.29, 1.82) is 0 Å². The van der Waals surface area contributed by atoms with Crippen LogP contribution in [0.1, 0.15) is 21.5 Å². The molecule has 0 heterocycles. The van der Waals surface area contributed by atoms with Gasteiger partial charge in [-0.05, 0) is 35.4 Å². The first kappa shape index (κ1) is 19.1. The van der Waals surface area contributed by atoms with Gasteiger partial charge in [0.15, 0.2) is 17.5 Å². The van der Waals surface area contributed by atoms with Gasteiger partial charge < -0.3 is 25.8 Å². The Morgan fingerprint density at radius 1 is 1.08 bits per heavy atom. The van der Waals surface area contributed by atoms with Gasteiger partial charge in [0.2, 0.25) is 0 Å². The van der Waals surface area contributed by atoms with E-state index in [1.165, 1.54) is 0 Å². The summed E-state index contributed by atoms with van der Waals surface area (Å²) in [6.45, 7) is 0.892. The van der Waals surface area contributed by atoms with Crippen LogP contribution in [0.2, 0.25) is 0 Å². The number of guanidine groups is 1. The second kappa shape index (κ2) is 9.31. The summed E-state index contributed by atoms with van der Waals surface area (Å²) in [6.07, 6.45) is 0. The molecule has 0 aliphatic carbocycles. The summed E-state index contributed by atoms with van der Waals surface area (Å²) in [5.41, 5.74) is 8.41. The van der Waals surface area contributed by atoms with Crippen molar-refractivity contribution in [3.8, 4) is 11.5 Å². The molecule has 0 unspecified atom stereocenters. The van der Waals surface area contributed by atoms with Crippen molar-refractivity contribution in [2.24, 2.45) is 10.7 Å². The number of nitrogens with zero attached hydrogens (tertiary/aromatic N) is 1. The molecule has 4 N–H and O–H groups in total. The van der Waals surface area contributed by atoms with E-state index < -0.39 is 0 Å². The topological polar surface area (TPSA) is 98.0 Å². The van der Waals surface area contributed by atoms with Gasteiger partial charge >= 0.3 is 0 Å². The van der Waals surface area contributed by atoms with Crippen molar-refractivity contribution >= 4 is 11.9 Å². The Morgan fingerprint density at radius 3 is 2.54 bits per heavy atom. The number of ether oxygens (including phenoxy) is 2. The third-order valence-electron chi connectivity index (χ3n) is 3.77. The van der Waals surface area contributed by atoms with Crippen LogP contribution < -0.4 is 25.8 Å². The normalized spacial score (nSPS) is 11.0. The van der Waals surface area contributed by atoms with Gasteiger partial charge in [-0.15, -0.1) is 0 Å². The number of nitrogens with two attached hydrogens (primary N) is 1. The summed E-state index contributed by atoms with van der Waals surface area (Å²) in [7, 11) is 4.79. The number of carbonyl (C=O) groups is 1. The second-order valence-electron chi connectivity index (χ2n) is 5.52. The molecule has 2 aromatic carbocycles. The van der Waals surface area contributed by atoms with Crippen molar-refractivity contribution < 1.29 is 14.3 Å². The number of carbonyl (C=O) groups excluding carboxylic acids is 1. The quantitative estimate of drug-likeness (QED) is 0.518. The summed E-state index contributed by atoms with van der Waals surface area (Å²) in [5.74, 6) is 1.53. The van der Waals surface area contributed by atoms with Crippen molar-refractivity contribution in [2.75, 3.05) is 21.3 Å². The zero-order chi connectivity index (χ0) is 18.9. The summed E-state index contributed by atoms with van der Waals surface area (Å²) in [4.78, 5) is 16.0. The molecule has 2 rings (SSSR count). The first-order chi connectivity index (χ1) is 12.6. The number of hydrogen-bond acceptors (Lipinski definition) is 4. The maximum absolute atomic E-state index is 11.7. The fraction of sp³-hybridized carbons (Fsp3) is 0.263. The maximum Gasteiger partial charge on any atom is 0.251 e. The highest BCUT2D eigenvalue weighted by molar-refractivity contribution is 5.94. The first-order valence-corrected chi connectivity index (χ1v) is 8.13. The van der Waals surface area contributed by atoms with Gasteiger partial charge in [0, 0.05) is 19.2 Å². The molecular formula is C19H24N4O3. The number of nitrogens with one attached hydrogen (secondary N) is 2. The third-order valence-corrected chi connectivity index (χ3v) is 3.77. The number of methoxy groups -OCH3 is 2. The van der Waals surface area contributed by atoms with E-state index in [0.29, 0.717) is 36.1 Å². The molecule has 0 aliphatic rings. The predicted octanol–water partition coefficient (Wildman–Crippen LogP) is 1.67. The minimum Gasteiger partial charge on any atom is -0.493 e. The lowest BCUT2D eigenvalue weighted by Crippen LogP contribution is -2.31. The van der Waals surface area contributed by atoms with Crippen LogP contribution in [-0.4, -0.2) is 33.1 Å². The fourth-order valence-electron chi connectivity index (χ4n) is 2.37. The molecule has 0 atom stereocenters. The molecule has 0 aromatic heterocycles. The third kappa shape index (κ3) is 5.14. The van der Waals surface area contributed by atoms with E-state index in [1.807, 2.05) is 30.3 Å². The van der Waals surface area contributed by atoms with E-state index >= 15 is 0 Å². The van der Waals surface area contributed by atoms with Crippen molar-refractivity contribution in [3.63, 3.8) is 0 Å². The van der Waals surface area contributed by atoms with E-state index in [-0.39, 0.29) is 5.91 Å². The van der Waals surface area contributed by atoms with Gasteiger partial charge in [-0.1, -0.05) is 18.2 Å². The van der Waals surface area contributed by atoms with Crippen LogP contribution in [0.3, 0.4) is 0 Å². The molecule has 26 heavy (non-hydrogen) atoms. The SMILES string of the molecule is CNC(=O)c1cccc(CN=C(N)NCc2ccc(OC)c(OC)c2)c1. The molecule has 2 aromatic rings. The van der Waals surface area contributed by atoms with Gasteiger partial charge in [-0.2, -0.15) is 0 Å². The van der Waals surface area contributed by atoms with E-state index in [0.717, 1.165) is 11.1 Å². The molecular weight excluding hydrogens is 332 g/mol. The maximum atomic E-state index is 11.7. The van der Waals surface area contributed by atoms with Crippen LogP contribution in [-0.2, 0) is 13.1 Å². The second-order valence-corrected chi connectivity index (χ2v) is 5.52. The van der Waals surface area contributed by atoms with Gasteiger partial charge in [0.05, 0.1) is 20.8 Å². The van der Waals surface area contributed by atoms with Crippen molar-refractivity contribution in [1.82, 2.24) is 10.6 Å². The number of rotatable bonds is 7. The Labute approximate surface area is 153 Å². The molecule has 138 valence electrons. The van der Waals surface area contributed by atoms with E-state index in [1.54, 1.807) is 33.4 Å². The van der Waals surface area contributed by atoms with Gasteiger partial charge in [0.25, 0.3) is 5.91 Å². The van der Waals surface area contributed by atoms with E-state index in [4.69, 9.17) is 15.2 Å². The molecule has 0 saturated heterocycles. The van der Waals surface area contributed by atoms with Gasteiger partial charge in [0.1, 0.15) is 0 Å². The highest BCUT2D eigenvalue weighted by Gasteiger charge is 2.05. The number of aliphatic imine (C=N–C) groups is 1. The van der Waals surface area contributed by atoms with Crippen molar-refractivity contribution in [2.45, 2.75) is 13.1 Å². The molecule has 7 nitrogen and oxygen atoms in total. The molecule has 0 spiro atoms. The number of hydrogen-bond donors (Lipinski definition) is 3. The van der Waals surface area contributed by atoms with Crippen LogP contribution in [0.25, 0.3) is 0 Å². The summed E-state index contributed by atoms with van der Waals surface area (Å²) in [6, 6.07) is 12.9. The Bertz CT molecular complexity index is 790. The van der Waals surface area contributed by atoms with Crippen LogP contribution in [0.15, 0.2) is 47.5 Å². The fourth-order valence-corrected chi connectivity index (χ4v) is 2.37. The Hall–Kier alpha value is -3.22. The lowest BCUT2D eigenvalue weighted by molar-refractivity contribution is 0.0963. The smallest absolute Gasteiger partial charge is 0.251 e. The average molecular weight is 356 g/mol. The highest BCUT2D eigenvalue weighted by atomic mass is 16.5. The monoisotopic (exact) mass is 356 g/mol. The van der Waals surface area contributed by atoms with Crippen molar-refractivity contribution in [3.05, 3.63) is 59.2 Å². The zero-order valence-corrected chi connectivity index (χ0v) is 15.2. The molecule has 7 heteroatoms. The minimum absolute atomic E-state index is 0.129. The molecule has 0 bridgehead atoms. The summed E-state index contributed by atoms with van der Waals surface area (Å²) in [5, 5.41) is 5.66. The summed E-state index contributed by atoms with van der Waals surface area (Å²) >= 11 is 0. The highest BCUT2D eigenvalue weighted by Crippen LogP contribution is 2.27. The van der Waals surface area contributed by atoms with Gasteiger partial charge in [-0.3, -0.25) is 4.79 Å². The minimum atomic E-state index is -0.129. The zero-order valence-electron chi connectivity index (χ0n) is 15.2. The molecule has 0 saturated carbocycles. The predicted molar refractivity (Wildman–Crippen MR) is 102 cm³/mol. The number of benzene rings is 2. The Morgan fingerprint density at radius 2 is 1.85 bits per heavy atom. The van der Waals surface area contributed by atoms with E-state index in [2.05, 4.69) is 15.6 Å². The van der Waals surface area contributed by atoms with Crippen LogP contribution in [0, 0.1) is 0 Å². The van der Waals surface area contributed by atoms with Gasteiger partial charge in [-0.25, -0.2) is 4.99 Å². The largest absolute Gasteiger partial charge is 0.493 e. The lowest BCUT2D eigenvalue weighted by Gasteiger charge is -2.10. The van der Waals surface area contributed by atoms with E-state index in [9.17, 15) is 4.79 Å². The molecule has 0 aliphatic heterocycles. The number of amides is 1. The first-order valence-electron chi connectivity index (χ1n) is 8.13. The molecule has 0 fully saturated rings. The lowest BCUT2D eigenvalue weighted by atomic mass is 10.1. The molecule has 0 radical (unpaired) electrons. The standard InChI is InChI=1S/C19H24N4O3/c1-21-18(24)15-6-4-5-13(9-15)11-22-19(20)23-12-14-7-8-16(25-2)17(10-14)26-3/h4-10H,11-12H2,1-3H3,(H,21,24)(H3,20,22,23). The van der Waals surface area contributed by atoms with Crippen LogP contribution in [0.5, 0.6) is 11.5 Å². The Balaban J connectivity index is 1.95. The van der Waals surface area contributed by atoms with Crippen LogP contribution in [0.4, 0.5) is 0 Å². The van der Waals surface area contributed by atoms with Crippen LogP contribution >= 0.6 is 0 Å². The summed E-state index contributed by atoms with van der Waals surface area (Å²) < 4.78 is 10.5. The molecule has 1 amide bonds. The average Bonchev–Trinajstić information content (AvgIpc) is 2.69.